The Morgan fingerprint density at radius 3 is 1.65 bits per heavy atom. The average molecular weight is 875 g/mol. The lowest BCUT2D eigenvalue weighted by Gasteiger charge is -2.41. The van der Waals surface area contributed by atoms with Crippen LogP contribution < -0.4 is 0 Å². The highest BCUT2D eigenvalue weighted by Gasteiger charge is 2.51. The van der Waals surface area contributed by atoms with Gasteiger partial charge in [0.1, 0.15) is 43.2 Å². The number of allylic oxidation sites excluding steroid dienone is 4. The van der Waals surface area contributed by atoms with Crippen LogP contribution in [0.5, 0.6) is 0 Å². The number of aliphatic hydroxyl groups is 5. The van der Waals surface area contributed by atoms with Crippen LogP contribution in [0.2, 0.25) is 0 Å². The number of rotatable bonds is 36. The van der Waals surface area contributed by atoms with Crippen LogP contribution in [0, 0.1) is 0 Å². The summed E-state index contributed by atoms with van der Waals surface area (Å²) in [5.74, 6) is -1.17. The molecule has 2 fully saturated rings. The number of carbonyl (C=O) groups excluding carboxylic acids is 2. The summed E-state index contributed by atoms with van der Waals surface area (Å²) in [6.45, 7) is 3.21. The van der Waals surface area contributed by atoms with Crippen LogP contribution in [0.25, 0.3) is 0 Å². The van der Waals surface area contributed by atoms with Crippen molar-refractivity contribution in [2.24, 2.45) is 0 Å². The molecule has 1 saturated heterocycles. The maximum atomic E-state index is 12.8. The van der Waals surface area contributed by atoms with Gasteiger partial charge in [-0.1, -0.05) is 140 Å². The molecule has 0 aromatic heterocycles. The SMILES string of the molecule is CCCCC/C=C\C/C=C\CC1OC1C/C=C\CCCC(=O)O[C@H](COC(=O)CCCCCCCCCCCCCCC)COP(=O)(O)OC1[C@H](O)[C@H](O)C(O)[C@H](O)[C@H]1O. The summed E-state index contributed by atoms with van der Waals surface area (Å²) in [6.07, 6.45) is 23.7. The van der Waals surface area contributed by atoms with Crippen molar-refractivity contribution < 1.29 is 67.8 Å². The van der Waals surface area contributed by atoms with Gasteiger partial charge in [0, 0.05) is 12.8 Å². The van der Waals surface area contributed by atoms with Crippen molar-refractivity contribution in [1.82, 2.24) is 0 Å². The molecule has 2 aliphatic rings. The zero-order valence-electron chi connectivity index (χ0n) is 36.4. The molecule has 2 rings (SSSR count). The van der Waals surface area contributed by atoms with Gasteiger partial charge >= 0.3 is 19.8 Å². The molecule has 348 valence electrons. The van der Waals surface area contributed by atoms with Crippen LogP contribution in [-0.2, 0) is 37.4 Å². The van der Waals surface area contributed by atoms with Gasteiger partial charge in [-0.3, -0.25) is 18.6 Å². The minimum atomic E-state index is -5.14. The zero-order valence-corrected chi connectivity index (χ0v) is 37.3. The summed E-state index contributed by atoms with van der Waals surface area (Å²) in [6, 6.07) is 0. The monoisotopic (exact) mass is 875 g/mol. The fourth-order valence-electron chi connectivity index (χ4n) is 7.03. The largest absolute Gasteiger partial charge is 0.472 e. The third-order valence-electron chi connectivity index (χ3n) is 10.9. The lowest BCUT2D eigenvalue weighted by atomic mass is 9.85. The van der Waals surface area contributed by atoms with Crippen LogP contribution in [0.1, 0.15) is 168 Å². The molecule has 0 aromatic carbocycles. The number of hydrogen-bond donors (Lipinski definition) is 6. The number of esters is 2. The maximum Gasteiger partial charge on any atom is 0.472 e. The smallest absolute Gasteiger partial charge is 0.462 e. The van der Waals surface area contributed by atoms with Gasteiger partial charge in [0.25, 0.3) is 0 Å². The number of unbranched alkanes of at least 4 members (excludes halogenated alkanes) is 16. The predicted octanol–water partition coefficient (Wildman–Crippen LogP) is 7.60. The minimum absolute atomic E-state index is 0.0139. The van der Waals surface area contributed by atoms with Gasteiger partial charge in [0.05, 0.1) is 18.8 Å². The van der Waals surface area contributed by atoms with E-state index in [0.717, 1.165) is 44.9 Å². The normalized spacial score (nSPS) is 25.9. The van der Waals surface area contributed by atoms with Crippen molar-refractivity contribution in [3.8, 4) is 0 Å². The summed E-state index contributed by atoms with van der Waals surface area (Å²) < 4.78 is 39.2. The first kappa shape index (κ1) is 54.2. The Hall–Kier alpha value is -1.97. The van der Waals surface area contributed by atoms with Crippen molar-refractivity contribution in [3.05, 3.63) is 36.5 Å². The van der Waals surface area contributed by atoms with Gasteiger partial charge in [-0.2, -0.15) is 0 Å². The number of ether oxygens (including phenoxy) is 3. The fraction of sp³-hybridized carbons (Fsp3) is 0.822. The van der Waals surface area contributed by atoms with E-state index < -0.39 is 75.7 Å². The van der Waals surface area contributed by atoms with Crippen molar-refractivity contribution in [1.29, 1.82) is 0 Å². The van der Waals surface area contributed by atoms with E-state index in [-0.39, 0.29) is 25.0 Å². The second kappa shape index (κ2) is 32.7. The number of phosphoric acid groups is 1. The number of epoxide rings is 1. The van der Waals surface area contributed by atoms with Gasteiger partial charge in [0.15, 0.2) is 6.10 Å². The number of phosphoric ester groups is 1. The molecule has 0 amide bonds. The van der Waals surface area contributed by atoms with Gasteiger partial charge in [-0.15, -0.1) is 0 Å². The van der Waals surface area contributed by atoms with E-state index in [4.69, 9.17) is 23.3 Å². The molecular formula is C45H79O14P. The molecule has 5 unspecified atom stereocenters. The van der Waals surface area contributed by atoms with E-state index in [1.54, 1.807) is 0 Å². The van der Waals surface area contributed by atoms with E-state index >= 15 is 0 Å². The lowest BCUT2D eigenvalue weighted by Crippen LogP contribution is -2.64. The maximum absolute atomic E-state index is 12.8. The number of aliphatic hydroxyl groups excluding tert-OH is 5. The van der Waals surface area contributed by atoms with E-state index in [1.165, 1.54) is 77.0 Å². The highest BCUT2D eigenvalue weighted by atomic mass is 31.2. The van der Waals surface area contributed by atoms with E-state index in [0.29, 0.717) is 19.3 Å². The fourth-order valence-corrected chi connectivity index (χ4v) is 8.00. The molecule has 0 bridgehead atoms. The summed E-state index contributed by atoms with van der Waals surface area (Å²) in [4.78, 5) is 35.7. The molecule has 0 aromatic rings. The molecule has 60 heavy (non-hydrogen) atoms. The molecule has 1 saturated carbocycles. The molecule has 1 aliphatic heterocycles. The second-order valence-corrected chi connectivity index (χ2v) is 17.7. The Morgan fingerprint density at radius 1 is 0.583 bits per heavy atom. The first-order chi connectivity index (χ1) is 28.9. The third-order valence-corrected chi connectivity index (χ3v) is 11.9. The van der Waals surface area contributed by atoms with Crippen LogP contribution in [0.4, 0.5) is 0 Å². The summed E-state index contributed by atoms with van der Waals surface area (Å²) >= 11 is 0. The van der Waals surface area contributed by atoms with E-state index in [9.17, 15) is 44.6 Å². The highest BCUT2D eigenvalue weighted by molar-refractivity contribution is 7.47. The summed E-state index contributed by atoms with van der Waals surface area (Å²) in [5, 5.41) is 50.1. The Bertz CT molecular complexity index is 1260. The number of hydrogen-bond acceptors (Lipinski definition) is 13. The average Bonchev–Trinajstić information content (AvgIpc) is 3.99. The Kier molecular flexibility index (Phi) is 29.5. The highest BCUT2D eigenvalue weighted by Crippen LogP contribution is 2.47. The topological polar surface area (TPSA) is 222 Å². The quantitative estimate of drug-likeness (QED) is 0.0117. The van der Waals surface area contributed by atoms with Crippen molar-refractivity contribution >= 4 is 19.8 Å². The van der Waals surface area contributed by atoms with Gasteiger partial charge in [-0.05, 0) is 51.4 Å². The van der Waals surface area contributed by atoms with Crippen molar-refractivity contribution in [2.75, 3.05) is 13.2 Å². The molecule has 0 radical (unpaired) electrons. The predicted molar refractivity (Wildman–Crippen MR) is 230 cm³/mol. The Labute approximate surface area is 359 Å². The second-order valence-electron chi connectivity index (χ2n) is 16.3. The van der Waals surface area contributed by atoms with Crippen LogP contribution in [0.3, 0.4) is 0 Å². The van der Waals surface area contributed by atoms with E-state index in [2.05, 4.69) is 38.2 Å². The standard InChI is InChI=1S/C45H79O14P/c1-3-5-7-9-11-13-14-15-16-18-20-22-27-31-38(46)55-33-35(34-56-60(53,54)59-45-43(51)41(49)40(48)42(50)44(45)52)57-39(47)32-28-24-23-26-30-37-36(58-37)29-25-21-19-17-12-10-8-6-4-2/h12,17,21,23,25-26,35-37,40-45,48-52H,3-11,13-16,18-20,22,24,27-34H2,1-2H3,(H,53,54)/b17-12-,25-21-,26-23-/t35-,36?,37?,40?,41-,42+,43-,44-,45?/m1/s1. The number of carbonyl (C=O) groups is 2. The molecule has 10 atom stereocenters. The third kappa shape index (κ3) is 24.6. The van der Waals surface area contributed by atoms with Crippen LogP contribution >= 0.6 is 7.82 Å². The van der Waals surface area contributed by atoms with Crippen molar-refractivity contribution in [2.45, 2.75) is 223 Å². The first-order valence-electron chi connectivity index (χ1n) is 22.9. The Morgan fingerprint density at radius 2 is 1.05 bits per heavy atom. The minimum Gasteiger partial charge on any atom is -0.462 e. The molecule has 1 aliphatic carbocycles. The summed E-state index contributed by atoms with van der Waals surface area (Å²) in [7, 11) is -5.14. The van der Waals surface area contributed by atoms with E-state index in [1.807, 2.05) is 12.2 Å². The lowest BCUT2D eigenvalue weighted by molar-refractivity contribution is -0.220. The molecular weight excluding hydrogens is 795 g/mol. The van der Waals surface area contributed by atoms with Crippen molar-refractivity contribution in [3.63, 3.8) is 0 Å². The molecule has 15 heteroatoms. The molecule has 1 heterocycles. The molecule has 0 spiro atoms. The van der Waals surface area contributed by atoms with Gasteiger partial charge in [0.2, 0.25) is 0 Å². The Balaban J connectivity index is 1.75. The summed E-state index contributed by atoms with van der Waals surface area (Å²) in [5.41, 5.74) is 0. The van der Waals surface area contributed by atoms with Crippen LogP contribution in [0.15, 0.2) is 36.5 Å². The van der Waals surface area contributed by atoms with Gasteiger partial charge in [-0.25, -0.2) is 4.57 Å². The first-order valence-corrected chi connectivity index (χ1v) is 24.4. The van der Waals surface area contributed by atoms with Gasteiger partial charge < -0.3 is 44.6 Å². The molecule has 14 nitrogen and oxygen atoms in total. The zero-order chi connectivity index (χ0) is 44.0. The van der Waals surface area contributed by atoms with Crippen LogP contribution in [-0.4, -0.2) is 111 Å². The molecule has 6 N–H and O–H groups in total.